The molecule has 6 rings (SSSR count). The first-order chi connectivity index (χ1) is 21.6. The molecule has 0 saturated heterocycles. The molecule has 0 heterocycles. The van der Waals surface area contributed by atoms with E-state index in [9.17, 15) is 0 Å². The van der Waals surface area contributed by atoms with Crippen LogP contribution in [0.1, 0.15) is 128 Å². The topological polar surface area (TPSA) is 0 Å². The summed E-state index contributed by atoms with van der Waals surface area (Å²) in [6.45, 7) is 32.9. The third-order valence-corrected chi connectivity index (χ3v) is 7.14. The van der Waals surface area contributed by atoms with Gasteiger partial charge < -0.3 is 0 Å². The van der Waals surface area contributed by atoms with Crippen LogP contribution in [0.25, 0.3) is 33.7 Å². The van der Waals surface area contributed by atoms with Gasteiger partial charge in [0.1, 0.15) is 0 Å². The van der Waals surface area contributed by atoms with E-state index < -0.39 is 0 Å². The number of hydrogen-bond donors (Lipinski definition) is 0. The van der Waals surface area contributed by atoms with Gasteiger partial charge in [-0.25, -0.2) is 0 Å². The van der Waals surface area contributed by atoms with E-state index >= 15 is 0 Å². The molecule has 0 amide bonds. The molecule has 0 nitrogen and oxygen atoms in total. The smallest absolute Gasteiger partial charge is 0 e. The molecular formula is C44H64Ar6. The van der Waals surface area contributed by atoms with Crippen molar-refractivity contribution in [2.45, 2.75) is 124 Å². The Bertz CT molecular complexity index is 1420. The fourth-order valence-electron chi connectivity index (χ4n) is 5.27. The van der Waals surface area contributed by atoms with Crippen molar-refractivity contribution in [1.29, 1.82) is 0 Å². The molecule has 2 aliphatic rings. The van der Waals surface area contributed by atoms with Crippen molar-refractivity contribution in [3.63, 3.8) is 0 Å². The van der Waals surface area contributed by atoms with Crippen molar-refractivity contribution in [2.75, 3.05) is 0 Å². The number of aryl methyl sites for hydroxylation is 4. The second-order valence-electron chi connectivity index (χ2n) is 8.81. The minimum atomic E-state index is 0. The van der Waals surface area contributed by atoms with E-state index in [0.29, 0.717) is 0 Å². The summed E-state index contributed by atoms with van der Waals surface area (Å²) in [5.74, 6) is 0. The second-order valence-corrected chi connectivity index (χ2v) is 8.81. The molecule has 0 fully saturated rings. The number of allylic oxidation sites excluding steroid dienone is 2. The summed E-state index contributed by atoms with van der Waals surface area (Å²) >= 11 is 0. The van der Waals surface area contributed by atoms with Crippen LogP contribution < -0.4 is 0 Å². The van der Waals surface area contributed by atoms with Gasteiger partial charge in [-0.15, -0.1) is 11.5 Å². The molecule has 0 atom stereocenters. The Morgan fingerprint density at radius 3 is 0.820 bits per heavy atom. The van der Waals surface area contributed by atoms with Crippen LogP contribution in [0, 0.1) is 254 Å². The van der Waals surface area contributed by atoms with Gasteiger partial charge in [-0.1, -0.05) is 132 Å². The van der Waals surface area contributed by atoms with Crippen molar-refractivity contribution < 1.29 is 226 Å². The summed E-state index contributed by atoms with van der Waals surface area (Å²) in [4.78, 5) is 0. The summed E-state index contributed by atoms with van der Waals surface area (Å²) in [5, 5.41) is 5.53. The minimum absolute atomic E-state index is 0. The molecule has 0 aromatic heterocycles. The normalized spacial score (nSPS) is 9.12. The molecule has 2 aliphatic carbocycles. The Morgan fingerprint density at radius 1 is 0.360 bits per heavy atom. The van der Waals surface area contributed by atoms with Crippen molar-refractivity contribution in [3.8, 4) is 0 Å². The van der Waals surface area contributed by atoms with Crippen molar-refractivity contribution in [1.82, 2.24) is 0 Å². The zero-order chi connectivity index (χ0) is 34.2. The largest absolute Gasteiger partial charge is 0.124 e. The molecule has 288 valence electrons. The van der Waals surface area contributed by atoms with Crippen LogP contribution in [0.2, 0.25) is 0 Å². The molecule has 4 aromatic rings. The Kier molecular flexibility index (Phi) is 65.5. The van der Waals surface area contributed by atoms with Crippen LogP contribution in [0.5, 0.6) is 0 Å². The first kappa shape index (κ1) is 71.7. The Hall–Kier alpha value is 4.00. The van der Waals surface area contributed by atoms with Gasteiger partial charge in [0.15, 0.2) is 0 Å². The van der Waals surface area contributed by atoms with E-state index in [0.717, 1.165) is 12.8 Å². The average Bonchev–Trinajstić information content (AvgIpc) is 3.15. The van der Waals surface area contributed by atoms with Gasteiger partial charge >= 0.3 is 0 Å². The Morgan fingerprint density at radius 2 is 0.580 bits per heavy atom. The van der Waals surface area contributed by atoms with E-state index in [2.05, 4.69) is 112 Å². The van der Waals surface area contributed by atoms with Crippen molar-refractivity contribution >= 4 is 33.7 Å². The first-order valence-electron chi connectivity index (χ1n) is 17.4. The van der Waals surface area contributed by atoms with Gasteiger partial charge in [0.2, 0.25) is 0 Å². The molecular weight excluding hydrogens is 768 g/mol. The molecule has 0 bridgehead atoms. The minimum Gasteiger partial charge on any atom is -0.124 e. The molecule has 6 heteroatoms. The van der Waals surface area contributed by atoms with Crippen LogP contribution in [0.4, 0.5) is 0 Å². The fraction of sp³-hybridized carbons (Fsp3) is 0.409. The van der Waals surface area contributed by atoms with Crippen LogP contribution in [-0.4, -0.2) is 0 Å². The van der Waals surface area contributed by atoms with Gasteiger partial charge in [0, 0.05) is 226 Å². The second kappa shape index (κ2) is 45.7. The SMILES string of the molecule is CC.CC.CC.CC.CC.CC.Cc1c2c(c(C)c3ccccc13)CC=C=C2.Cc1c2c(c(C)c3ccccc13)CC=C=C2.[Ar].[Ar].[Ar].[Ar].[Ar].[Ar]. The first-order valence-corrected chi connectivity index (χ1v) is 17.4. The monoisotopic (exact) mass is 832 g/mol. The zero-order valence-corrected chi connectivity index (χ0v) is 37.7. The average molecular weight is 833 g/mol. The summed E-state index contributed by atoms with van der Waals surface area (Å²) in [5.41, 5.74) is 17.7. The number of fused-ring (bicyclic) bond motifs is 4. The third-order valence-electron chi connectivity index (χ3n) is 7.14. The van der Waals surface area contributed by atoms with E-state index in [1.165, 1.54) is 66.1 Å². The third kappa shape index (κ3) is 21.1. The molecule has 0 radical (unpaired) electrons. The maximum Gasteiger partial charge on any atom is 0 e. The van der Waals surface area contributed by atoms with Gasteiger partial charge in [0.05, 0.1) is 0 Å². The maximum absolute atomic E-state index is 3.22. The van der Waals surface area contributed by atoms with Crippen LogP contribution in [-0.2, 0) is 12.8 Å². The summed E-state index contributed by atoms with van der Waals surface area (Å²) in [6.07, 6.45) is 10.5. The molecule has 0 unspecified atom stereocenters. The van der Waals surface area contributed by atoms with Gasteiger partial charge in [0.25, 0.3) is 0 Å². The fourth-order valence-corrected chi connectivity index (χ4v) is 5.27. The molecule has 0 spiro atoms. The number of hydrogen-bond acceptors (Lipinski definition) is 0. The van der Waals surface area contributed by atoms with Crippen molar-refractivity contribution in [2.24, 2.45) is 0 Å². The Balaban J connectivity index is -0.0000000829. The number of benzene rings is 4. The van der Waals surface area contributed by atoms with Crippen LogP contribution >= 0.6 is 0 Å². The quantitative estimate of drug-likeness (QED) is 0.155. The van der Waals surface area contributed by atoms with Gasteiger partial charge in [-0.2, -0.15) is 0 Å². The zero-order valence-electron chi connectivity index (χ0n) is 33.5. The van der Waals surface area contributed by atoms with Gasteiger partial charge in [-0.3, -0.25) is 0 Å². The maximum atomic E-state index is 3.22. The van der Waals surface area contributed by atoms with Crippen molar-refractivity contribution in [3.05, 3.63) is 117 Å². The molecule has 4 aromatic carbocycles. The number of rotatable bonds is 0. The van der Waals surface area contributed by atoms with E-state index in [-0.39, 0.29) is 226 Å². The predicted molar refractivity (Wildman–Crippen MR) is 207 cm³/mol. The summed E-state index contributed by atoms with van der Waals surface area (Å²) in [7, 11) is 0. The molecule has 0 saturated carbocycles. The van der Waals surface area contributed by atoms with Gasteiger partial charge in [-0.05, 0) is 131 Å². The van der Waals surface area contributed by atoms with E-state index in [1.807, 2.05) is 83.1 Å². The Labute approximate surface area is 490 Å². The predicted octanol–water partition coefficient (Wildman–Crippen LogP) is 14.5. The summed E-state index contributed by atoms with van der Waals surface area (Å²) < 4.78 is 0. The van der Waals surface area contributed by atoms with Crippen LogP contribution in [0.3, 0.4) is 0 Å². The van der Waals surface area contributed by atoms with E-state index in [1.54, 1.807) is 0 Å². The molecule has 0 N–H and O–H groups in total. The van der Waals surface area contributed by atoms with E-state index in [4.69, 9.17) is 0 Å². The molecule has 50 heavy (non-hydrogen) atoms. The van der Waals surface area contributed by atoms with Crippen LogP contribution in [0.15, 0.2) is 72.1 Å². The standard InChI is InChI=1S/2C16H14.6C2H6.6Ar/c2*1-11-13-7-3-5-9-15(13)12(2)16-10-6-4-8-14(11)16;6*1-2;;;;;;/h2*3-5,7,9-10H,8H2,1-2H3;6*1-2H3;;;;;;. The summed E-state index contributed by atoms with van der Waals surface area (Å²) in [6, 6.07) is 17.3. The molecule has 0 aliphatic heterocycles.